The number of hydrogen-bond donors (Lipinski definition) is 0. The van der Waals surface area contributed by atoms with Crippen LogP contribution in [0.3, 0.4) is 0 Å². The van der Waals surface area contributed by atoms with E-state index in [2.05, 4.69) is 46.1 Å². The van der Waals surface area contributed by atoms with Gasteiger partial charge in [0.15, 0.2) is 0 Å². The van der Waals surface area contributed by atoms with Crippen molar-refractivity contribution in [3.8, 4) is 0 Å². The van der Waals surface area contributed by atoms with Crippen molar-refractivity contribution in [2.24, 2.45) is 0 Å². The topological polar surface area (TPSA) is 3.24 Å². The largest absolute Gasteiger partial charge is 0.179 e. The van der Waals surface area contributed by atoms with E-state index >= 15 is 0 Å². The smallest absolute Gasteiger partial charge is 0.0155 e. The lowest BCUT2D eigenvalue weighted by Gasteiger charge is -2.00. The van der Waals surface area contributed by atoms with Crippen molar-refractivity contribution in [2.75, 3.05) is 7.05 Å². The van der Waals surface area contributed by atoms with Gasteiger partial charge >= 0.3 is 0 Å². The average molecular weight is 347 g/mol. The van der Waals surface area contributed by atoms with Crippen LogP contribution in [0.25, 0.3) is 0 Å². The molecule has 0 fully saturated rings. The fraction of sp³-hybridized carbons (Fsp3) is 1.00. The molecule has 0 amide bonds. The SMILES string of the molecule is CN(SI)SI. The highest BCUT2D eigenvalue weighted by Crippen LogP contribution is 2.28. The molecule has 38 valence electrons. The molecule has 0 N–H and O–H groups in total. The van der Waals surface area contributed by atoms with E-state index in [9.17, 15) is 0 Å². The first kappa shape index (κ1) is 8.12. The van der Waals surface area contributed by atoms with E-state index in [0.717, 1.165) is 0 Å². The monoisotopic (exact) mass is 347 g/mol. The molecule has 1 nitrogen and oxygen atoms in total. The summed E-state index contributed by atoms with van der Waals surface area (Å²) in [7, 11) is 5.39. The molecule has 0 bridgehead atoms. The average Bonchev–Trinajstić information content (AvgIpc) is 1.65. The quantitative estimate of drug-likeness (QED) is 0.559. The van der Waals surface area contributed by atoms with Gasteiger partial charge in [0, 0.05) is 67.7 Å². The van der Waals surface area contributed by atoms with Gasteiger partial charge in [0.25, 0.3) is 0 Å². The van der Waals surface area contributed by atoms with Gasteiger partial charge in [0.05, 0.1) is 0 Å². The molecular formula is CH3I2NS2. The third-order valence-corrected chi connectivity index (χ3v) is 6.18. The van der Waals surface area contributed by atoms with E-state index in [-0.39, 0.29) is 0 Å². The lowest BCUT2D eigenvalue weighted by molar-refractivity contribution is 0.972. The molecule has 6 heavy (non-hydrogen) atoms. The van der Waals surface area contributed by atoms with E-state index in [1.807, 2.05) is 7.05 Å². The fourth-order valence-electron chi connectivity index (χ4n) is 0.0106. The van der Waals surface area contributed by atoms with Crippen molar-refractivity contribution in [3.63, 3.8) is 0 Å². The van der Waals surface area contributed by atoms with Gasteiger partial charge in [-0.3, -0.25) is 0 Å². The normalized spacial score (nSPS) is 10.0. The first-order chi connectivity index (χ1) is 2.81. The van der Waals surface area contributed by atoms with Gasteiger partial charge < -0.3 is 0 Å². The lowest BCUT2D eigenvalue weighted by Crippen LogP contribution is -1.86. The molecule has 0 heterocycles. The summed E-state index contributed by atoms with van der Waals surface area (Å²) in [6, 6.07) is 0. The van der Waals surface area contributed by atoms with Crippen LogP contribution in [0.5, 0.6) is 0 Å². The third-order valence-electron chi connectivity index (χ3n) is 0.194. The van der Waals surface area contributed by atoms with Crippen LogP contribution in [0.15, 0.2) is 0 Å². The molecule has 0 saturated heterocycles. The van der Waals surface area contributed by atoms with Crippen LogP contribution in [0.1, 0.15) is 0 Å². The summed E-state index contributed by atoms with van der Waals surface area (Å²) in [4.78, 5) is 0. The lowest BCUT2D eigenvalue weighted by atomic mass is 11.6. The zero-order chi connectivity index (χ0) is 4.99. The second kappa shape index (κ2) is 5.26. The summed E-state index contributed by atoms with van der Waals surface area (Å²) < 4.78 is 2.06. The van der Waals surface area contributed by atoms with Crippen LogP contribution >= 0.6 is 60.6 Å². The van der Waals surface area contributed by atoms with Gasteiger partial charge in [0.1, 0.15) is 0 Å². The summed E-state index contributed by atoms with van der Waals surface area (Å²) in [6.07, 6.45) is 0. The molecule has 5 heteroatoms. The van der Waals surface area contributed by atoms with E-state index in [0.29, 0.717) is 0 Å². The summed E-state index contributed by atoms with van der Waals surface area (Å²) in [5, 5.41) is 0. The fourth-order valence-corrected chi connectivity index (χ4v) is 4.31. The van der Waals surface area contributed by atoms with E-state index in [1.165, 1.54) is 0 Å². The van der Waals surface area contributed by atoms with Crippen LogP contribution in [0.2, 0.25) is 0 Å². The van der Waals surface area contributed by atoms with E-state index in [1.54, 1.807) is 18.2 Å². The molecule has 0 aliphatic heterocycles. The summed E-state index contributed by atoms with van der Waals surface area (Å²) in [5.41, 5.74) is 0. The number of nitrogens with zero attached hydrogens (tertiary/aromatic N) is 1. The third kappa shape index (κ3) is 4.28. The van der Waals surface area contributed by atoms with E-state index in [4.69, 9.17) is 0 Å². The number of hydrogen-bond acceptors (Lipinski definition) is 3. The van der Waals surface area contributed by atoms with Gasteiger partial charge in [-0.15, -0.1) is 0 Å². The van der Waals surface area contributed by atoms with Gasteiger partial charge in [-0.05, 0) is 0 Å². The first-order valence-corrected chi connectivity index (χ1v) is 7.75. The van der Waals surface area contributed by atoms with Gasteiger partial charge in [-0.25, -0.2) is 0 Å². The minimum absolute atomic E-state index is 1.68. The highest BCUT2D eigenvalue weighted by Gasteiger charge is 1.87. The van der Waals surface area contributed by atoms with Gasteiger partial charge in [-0.1, -0.05) is 0 Å². The Kier molecular flexibility index (Phi) is 7.12. The molecule has 0 aromatic heterocycles. The molecule has 0 spiro atoms. The van der Waals surface area contributed by atoms with Crippen molar-refractivity contribution < 1.29 is 0 Å². The Balaban J connectivity index is 2.75. The minimum atomic E-state index is 1.68. The molecule has 0 saturated carbocycles. The summed E-state index contributed by atoms with van der Waals surface area (Å²) in [5.74, 6) is 0. The maximum atomic E-state index is 2.23. The van der Waals surface area contributed by atoms with Crippen molar-refractivity contribution in [2.45, 2.75) is 0 Å². The predicted octanol–water partition coefficient (Wildman–Crippen LogP) is 2.91. The Morgan fingerprint density at radius 2 is 1.67 bits per heavy atom. The Morgan fingerprint density at radius 1 is 1.33 bits per heavy atom. The molecule has 0 atom stereocenters. The Labute approximate surface area is 70.4 Å². The van der Waals surface area contributed by atoms with Crippen molar-refractivity contribution in [3.05, 3.63) is 0 Å². The number of halogens is 2. The first-order valence-electron chi connectivity index (χ1n) is 1.12. The second-order valence-corrected chi connectivity index (χ2v) is 4.54. The molecule has 0 unspecified atom stereocenters. The maximum Gasteiger partial charge on any atom is 0.0155 e. The van der Waals surface area contributed by atoms with Crippen LogP contribution in [-0.2, 0) is 0 Å². The highest BCUT2D eigenvalue weighted by molar-refractivity contribution is 14.2. The molecule has 0 aromatic carbocycles. The van der Waals surface area contributed by atoms with E-state index < -0.39 is 0 Å². The van der Waals surface area contributed by atoms with Crippen LogP contribution < -0.4 is 0 Å². The molecule has 0 rings (SSSR count). The van der Waals surface area contributed by atoms with Crippen molar-refractivity contribution in [1.82, 2.24) is 3.71 Å². The summed E-state index contributed by atoms with van der Waals surface area (Å²) in [6.45, 7) is 0. The maximum absolute atomic E-state index is 2.23. The van der Waals surface area contributed by atoms with Gasteiger partial charge in [-0.2, -0.15) is 3.71 Å². The second-order valence-electron chi connectivity index (χ2n) is 0.578. The Bertz CT molecular complexity index is 30.7. The minimum Gasteiger partial charge on any atom is -0.179 e. The van der Waals surface area contributed by atoms with Crippen LogP contribution in [0.4, 0.5) is 0 Å². The van der Waals surface area contributed by atoms with Crippen molar-refractivity contribution >= 4 is 60.6 Å². The molecular weight excluding hydrogens is 344 g/mol. The predicted molar refractivity (Wildman–Crippen MR) is 51.0 cm³/mol. The standard InChI is InChI=1S/CH3I2NS2/c1-4(5-2)6-3/h1H3. The summed E-state index contributed by atoms with van der Waals surface area (Å²) >= 11 is 4.46. The molecule has 0 radical (unpaired) electrons. The van der Waals surface area contributed by atoms with Crippen LogP contribution in [-0.4, -0.2) is 10.8 Å². The van der Waals surface area contributed by atoms with Gasteiger partial charge in [0.2, 0.25) is 0 Å². The molecule has 0 aromatic rings. The molecule has 0 aliphatic rings. The van der Waals surface area contributed by atoms with Crippen molar-refractivity contribution in [1.29, 1.82) is 0 Å². The van der Waals surface area contributed by atoms with Crippen LogP contribution in [0, 0.1) is 0 Å². The Hall–Kier alpha value is 2.12. The zero-order valence-electron chi connectivity index (χ0n) is 3.02. The Morgan fingerprint density at radius 3 is 1.67 bits per heavy atom. The zero-order valence-corrected chi connectivity index (χ0v) is 8.97. The number of rotatable bonds is 2. The highest BCUT2D eigenvalue weighted by atomic mass is 127. The molecule has 0 aliphatic carbocycles.